The third-order valence-corrected chi connectivity index (χ3v) is 4.75. The van der Waals surface area contributed by atoms with Crippen LogP contribution in [0.25, 0.3) is 0 Å². The van der Waals surface area contributed by atoms with Crippen molar-refractivity contribution in [2.24, 2.45) is 0 Å². The van der Waals surface area contributed by atoms with Gasteiger partial charge in [-0.15, -0.1) is 13.2 Å². The minimum atomic E-state index is -4.86. The van der Waals surface area contributed by atoms with Crippen LogP contribution in [-0.4, -0.2) is 44.1 Å². The lowest BCUT2D eigenvalue weighted by Crippen LogP contribution is -2.42. The third kappa shape index (κ3) is 6.00. The van der Waals surface area contributed by atoms with E-state index >= 15 is 0 Å². The second-order valence-corrected chi connectivity index (χ2v) is 7.11. The number of rotatable bonds is 7. The average Bonchev–Trinajstić information content (AvgIpc) is 2.42. The standard InChI is InChI=1S/C14H19F3N2O4S/c1-4-19(9-13(20)18-10(2)3)24(21,22)12-7-5-11(6-8-12)23-14(15,16)17/h5-8,10H,4,9H2,1-3H3,(H,18,20). The molecule has 0 spiro atoms. The highest BCUT2D eigenvalue weighted by molar-refractivity contribution is 7.89. The Morgan fingerprint density at radius 1 is 1.25 bits per heavy atom. The molecular weight excluding hydrogens is 349 g/mol. The Balaban J connectivity index is 2.94. The number of benzene rings is 1. The van der Waals surface area contributed by atoms with Crippen molar-refractivity contribution in [1.82, 2.24) is 9.62 Å². The number of nitrogens with zero attached hydrogens (tertiary/aromatic N) is 1. The number of sulfonamides is 1. The van der Waals surface area contributed by atoms with E-state index in [9.17, 15) is 26.4 Å². The van der Waals surface area contributed by atoms with Gasteiger partial charge in [-0.05, 0) is 38.1 Å². The van der Waals surface area contributed by atoms with Crippen LogP contribution >= 0.6 is 0 Å². The Hall–Kier alpha value is -1.81. The first kappa shape index (κ1) is 20.2. The normalized spacial score (nSPS) is 12.5. The molecule has 136 valence electrons. The van der Waals surface area contributed by atoms with Crippen LogP contribution in [0.3, 0.4) is 0 Å². The van der Waals surface area contributed by atoms with Crippen LogP contribution in [0.5, 0.6) is 5.75 Å². The number of hydrogen-bond acceptors (Lipinski definition) is 4. The van der Waals surface area contributed by atoms with Gasteiger partial charge in [-0.25, -0.2) is 8.42 Å². The first-order valence-corrected chi connectivity index (χ1v) is 8.55. The average molecular weight is 368 g/mol. The first-order valence-electron chi connectivity index (χ1n) is 7.11. The van der Waals surface area contributed by atoms with E-state index in [1.807, 2.05) is 0 Å². The van der Waals surface area contributed by atoms with Crippen molar-refractivity contribution in [3.8, 4) is 5.75 Å². The topological polar surface area (TPSA) is 75.7 Å². The third-order valence-electron chi connectivity index (χ3n) is 2.82. The Labute approximate surface area is 138 Å². The summed E-state index contributed by atoms with van der Waals surface area (Å²) in [6, 6.07) is 3.67. The van der Waals surface area contributed by atoms with Crippen molar-refractivity contribution < 1.29 is 31.1 Å². The van der Waals surface area contributed by atoms with E-state index in [2.05, 4.69) is 10.1 Å². The van der Waals surface area contributed by atoms with E-state index in [4.69, 9.17) is 0 Å². The maximum atomic E-state index is 12.5. The van der Waals surface area contributed by atoms with E-state index < -0.39 is 28.0 Å². The van der Waals surface area contributed by atoms with Crippen LogP contribution in [0.2, 0.25) is 0 Å². The minimum absolute atomic E-state index is 0.0364. The predicted molar refractivity (Wildman–Crippen MR) is 80.8 cm³/mol. The van der Waals surface area contributed by atoms with Gasteiger partial charge in [-0.3, -0.25) is 4.79 Å². The molecule has 0 bridgehead atoms. The van der Waals surface area contributed by atoms with Gasteiger partial charge in [-0.2, -0.15) is 4.31 Å². The number of amides is 1. The van der Waals surface area contributed by atoms with E-state index in [0.29, 0.717) is 0 Å². The van der Waals surface area contributed by atoms with E-state index in [1.54, 1.807) is 20.8 Å². The van der Waals surface area contributed by atoms with Crippen LogP contribution < -0.4 is 10.1 Å². The molecule has 0 aromatic heterocycles. The van der Waals surface area contributed by atoms with Gasteiger partial charge in [-0.1, -0.05) is 6.92 Å². The number of halogens is 3. The molecule has 1 N–H and O–H groups in total. The Morgan fingerprint density at radius 3 is 2.21 bits per heavy atom. The van der Waals surface area contributed by atoms with Crippen molar-refractivity contribution in [3.05, 3.63) is 24.3 Å². The molecule has 1 amide bonds. The van der Waals surface area contributed by atoms with Gasteiger partial charge >= 0.3 is 6.36 Å². The Morgan fingerprint density at radius 2 is 1.79 bits per heavy atom. The molecule has 1 rings (SSSR count). The molecule has 1 aromatic carbocycles. The zero-order chi connectivity index (χ0) is 18.5. The molecule has 0 aliphatic rings. The van der Waals surface area contributed by atoms with Crippen molar-refractivity contribution >= 4 is 15.9 Å². The summed E-state index contributed by atoms with van der Waals surface area (Å²) in [5.74, 6) is -0.991. The zero-order valence-electron chi connectivity index (χ0n) is 13.4. The molecule has 0 saturated heterocycles. The summed E-state index contributed by atoms with van der Waals surface area (Å²) in [7, 11) is -4.01. The van der Waals surface area contributed by atoms with Gasteiger partial charge in [0.2, 0.25) is 15.9 Å². The van der Waals surface area contributed by atoms with Crippen LogP contribution in [0.1, 0.15) is 20.8 Å². The van der Waals surface area contributed by atoms with Crippen molar-refractivity contribution in [3.63, 3.8) is 0 Å². The quantitative estimate of drug-likeness (QED) is 0.800. The van der Waals surface area contributed by atoms with E-state index in [-0.39, 0.29) is 24.0 Å². The van der Waals surface area contributed by atoms with Gasteiger partial charge in [0, 0.05) is 12.6 Å². The summed E-state index contributed by atoms with van der Waals surface area (Å²) in [5, 5.41) is 2.58. The molecule has 0 radical (unpaired) electrons. The molecule has 10 heteroatoms. The second-order valence-electron chi connectivity index (χ2n) is 5.17. The molecule has 1 aromatic rings. The van der Waals surface area contributed by atoms with Crippen molar-refractivity contribution in [2.75, 3.05) is 13.1 Å². The monoisotopic (exact) mass is 368 g/mol. The first-order chi connectivity index (χ1) is 11.0. The van der Waals surface area contributed by atoms with Crippen LogP contribution in [-0.2, 0) is 14.8 Å². The Bertz CT molecular complexity index is 658. The zero-order valence-corrected chi connectivity index (χ0v) is 14.2. The molecule has 24 heavy (non-hydrogen) atoms. The van der Waals surface area contributed by atoms with Gasteiger partial charge in [0.05, 0.1) is 11.4 Å². The van der Waals surface area contributed by atoms with Crippen molar-refractivity contribution in [1.29, 1.82) is 0 Å². The summed E-state index contributed by atoms with van der Waals surface area (Å²) in [4.78, 5) is 11.5. The lowest BCUT2D eigenvalue weighted by Gasteiger charge is -2.21. The highest BCUT2D eigenvalue weighted by Crippen LogP contribution is 2.25. The highest BCUT2D eigenvalue weighted by atomic mass is 32.2. The fourth-order valence-corrected chi connectivity index (χ4v) is 3.26. The lowest BCUT2D eigenvalue weighted by atomic mass is 10.3. The predicted octanol–water partition coefficient (Wildman–Crippen LogP) is 2.12. The number of hydrogen-bond donors (Lipinski definition) is 1. The molecule has 0 fully saturated rings. The summed E-state index contributed by atoms with van der Waals surface area (Å²) >= 11 is 0. The molecule has 0 unspecified atom stereocenters. The maximum Gasteiger partial charge on any atom is 0.573 e. The summed E-state index contributed by atoms with van der Waals surface area (Å²) in [6.07, 6.45) is -4.86. The fraction of sp³-hybridized carbons (Fsp3) is 0.500. The number of nitrogens with one attached hydrogen (secondary N) is 1. The molecular formula is C14H19F3N2O4S. The van der Waals surface area contributed by atoms with E-state index in [0.717, 1.165) is 28.6 Å². The largest absolute Gasteiger partial charge is 0.573 e. The number of likely N-dealkylation sites (N-methyl/N-ethyl adjacent to an activating group) is 1. The molecule has 0 saturated carbocycles. The van der Waals surface area contributed by atoms with Gasteiger partial charge in [0.25, 0.3) is 0 Å². The molecule has 0 aliphatic carbocycles. The number of ether oxygens (including phenoxy) is 1. The molecule has 0 heterocycles. The van der Waals surface area contributed by atoms with Crippen LogP contribution in [0, 0.1) is 0 Å². The highest BCUT2D eigenvalue weighted by Gasteiger charge is 2.31. The molecule has 0 aliphatic heterocycles. The Kier molecular flexibility index (Phi) is 6.61. The van der Waals surface area contributed by atoms with Gasteiger partial charge in [0.1, 0.15) is 5.75 Å². The summed E-state index contributed by atoms with van der Waals surface area (Å²) in [6.45, 7) is 4.69. The number of carbonyl (C=O) groups excluding carboxylic acids is 1. The summed E-state index contributed by atoms with van der Waals surface area (Å²) in [5.41, 5.74) is 0. The SMILES string of the molecule is CCN(CC(=O)NC(C)C)S(=O)(=O)c1ccc(OC(F)(F)F)cc1. The molecule has 0 atom stereocenters. The van der Waals surface area contributed by atoms with Gasteiger partial charge in [0.15, 0.2) is 0 Å². The summed E-state index contributed by atoms with van der Waals surface area (Å²) < 4.78 is 65.9. The number of carbonyl (C=O) groups is 1. The van der Waals surface area contributed by atoms with Crippen LogP contribution in [0.15, 0.2) is 29.2 Å². The maximum absolute atomic E-state index is 12.5. The second kappa shape index (κ2) is 7.84. The van der Waals surface area contributed by atoms with Crippen molar-refractivity contribution in [2.45, 2.75) is 38.1 Å². The minimum Gasteiger partial charge on any atom is -0.406 e. The van der Waals surface area contributed by atoms with Crippen LogP contribution in [0.4, 0.5) is 13.2 Å². The molecule has 6 nitrogen and oxygen atoms in total. The number of alkyl halides is 3. The fourth-order valence-electron chi connectivity index (χ4n) is 1.86. The lowest BCUT2D eigenvalue weighted by molar-refractivity contribution is -0.274. The smallest absolute Gasteiger partial charge is 0.406 e. The van der Waals surface area contributed by atoms with E-state index in [1.165, 1.54) is 0 Å². The van der Waals surface area contributed by atoms with Gasteiger partial charge < -0.3 is 10.1 Å².